The molecule has 0 radical (unpaired) electrons. The van der Waals surface area contributed by atoms with Crippen LogP contribution in [0.25, 0.3) is 10.9 Å². The zero-order chi connectivity index (χ0) is 21.3. The Morgan fingerprint density at radius 3 is 2.40 bits per heavy atom. The van der Waals surface area contributed by atoms with Gasteiger partial charge in [-0.1, -0.05) is 35.3 Å². The van der Waals surface area contributed by atoms with E-state index in [0.29, 0.717) is 17.0 Å². The Morgan fingerprint density at radius 1 is 1.07 bits per heavy atom. The molecule has 0 amide bonds. The van der Waals surface area contributed by atoms with Crippen molar-refractivity contribution in [1.82, 2.24) is 9.47 Å². The molecule has 0 bridgehead atoms. The minimum Gasteiger partial charge on any atom is -0.478 e. The monoisotopic (exact) mass is 446 g/mol. The van der Waals surface area contributed by atoms with Crippen molar-refractivity contribution < 1.29 is 15.0 Å². The molecule has 1 saturated heterocycles. The van der Waals surface area contributed by atoms with Crippen LogP contribution in [-0.4, -0.2) is 44.8 Å². The van der Waals surface area contributed by atoms with Crippen LogP contribution in [0.4, 0.5) is 0 Å². The number of rotatable bonds is 6. The van der Waals surface area contributed by atoms with Crippen molar-refractivity contribution in [3.8, 4) is 0 Å². The highest BCUT2D eigenvalue weighted by Crippen LogP contribution is 2.28. The van der Waals surface area contributed by atoms with Crippen molar-refractivity contribution in [3.63, 3.8) is 0 Å². The molecule has 1 fully saturated rings. The first-order valence-electron chi connectivity index (χ1n) is 10.1. The third-order valence-electron chi connectivity index (χ3n) is 5.95. The second kappa shape index (κ2) is 8.98. The molecule has 7 heteroatoms. The quantitative estimate of drug-likeness (QED) is 0.563. The van der Waals surface area contributed by atoms with Gasteiger partial charge in [0.25, 0.3) is 0 Å². The number of halogens is 2. The molecule has 158 valence electrons. The average molecular weight is 447 g/mol. The Bertz CT molecular complexity index is 1040. The first kappa shape index (κ1) is 21.2. The normalized spacial score (nSPS) is 16.8. The van der Waals surface area contributed by atoms with Gasteiger partial charge in [-0.05, 0) is 67.7 Å². The number of hydrogen-bond acceptors (Lipinski definition) is 3. The Hall–Kier alpha value is -2.05. The minimum absolute atomic E-state index is 0.185. The number of fused-ring (bicyclic) bond motifs is 1. The van der Waals surface area contributed by atoms with Crippen molar-refractivity contribution in [2.24, 2.45) is 5.92 Å². The molecule has 1 aromatic heterocycles. The van der Waals surface area contributed by atoms with Crippen LogP contribution < -0.4 is 0 Å². The molecule has 4 rings (SSSR count). The fraction of sp³-hybridized carbons (Fsp3) is 0.348. The zero-order valence-corrected chi connectivity index (χ0v) is 18.0. The highest BCUT2D eigenvalue weighted by molar-refractivity contribution is 6.31. The number of likely N-dealkylation sites (tertiary alicyclic amines) is 1. The lowest BCUT2D eigenvalue weighted by Gasteiger charge is -2.34. The SMILES string of the molecule is O=C(O)c1cn(CC(O)C2CCN(Cc3ccc(Cl)cc3)CC2)c2ccc(Cl)cc12. The number of hydrogen-bond donors (Lipinski definition) is 2. The first-order chi connectivity index (χ1) is 14.4. The lowest BCUT2D eigenvalue weighted by atomic mass is 9.91. The number of aliphatic hydroxyl groups excluding tert-OH is 1. The molecule has 3 aromatic rings. The second-order valence-corrected chi connectivity index (χ2v) is 8.84. The van der Waals surface area contributed by atoms with Gasteiger partial charge in [0.1, 0.15) is 0 Å². The molecule has 0 spiro atoms. The standard InChI is InChI=1S/C23H24Cl2N2O3/c24-17-3-1-15(2-4-17)12-26-9-7-16(8-10-26)22(28)14-27-13-20(23(29)30)19-11-18(25)5-6-21(19)27/h1-6,11,13,16,22,28H,7-10,12,14H2,(H,29,30). The van der Waals surface area contributed by atoms with Gasteiger partial charge in [0.15, 0.2) is 0 Å². The Kier molecular flexibility index (Phi) is 6.34. The maximum atomic E-state index is 11.6. The van der Waals surface area contributed by atoms with E-state index in [1.807, 2.05) is 34.9 Å². The lowest BCUT2D eigenvalue weighted by molar-refractivity contribution is 0.0465. The summed E-state index contributed by atoms with van der Waals surface area (Å²) in [6.07, 6.45) is 2.88. The van der Waals surface area contributed by atoms with Gasteiger partial charge >= 0.3 is 5.97 Å². The lowest BCUT2D eigenvalue weighted by Crippen LogP contribution is -2.38. The Balaban J connectivity index is 1.40. The molecule has 1 atom stereocenters. The topological polar surface area (TPSA) is 65.7 Å². The predicted octanol–water partition coefficient (Wildman–Crippen LogP) is 4.92. The zero-order valence-electron chi connectivity index (χ0n) is 16.5. The molecule has 2 N–H and O–H groups in total. The van der Waals surface area contributed by atoms with Crippen molar-refractivity contribution in [3.05, 3.63) is 69.8 Å². The van der Waals surface area contributed by atoms with Crippen LogP contribution >= 0.6 is 23.2 Å². The largest absolute Gasteiger partial charge is 0.478 e. The van der Waals surface area contributed by atoms with Crippen LogP contribution in [0.1, 0.15) is 28.8 Å². The van der Waals surface area contributed by atoms with Crippen molar-refractivity contribution in [1.29, 1.82) is 0 Å². The van der Waals surface area contributed by atoms with Crippen LogP contribution in [-0.2, 0) is 13.1 Å². The number of piperidine rings is 1. The number of carboxylic acid groups (broad SMARTS) is 1. The molecule has 1 unspecified atom stereocenters. The molecule has 2 heterocycles. The summed E-state index contributed by atoms with van der Waals surface area (Å²) in [4.78, 5) is 14.0. The van der Waals surface area contributed by atoms with Gasteiger partial charge < -0.3 is 14.8 Å². The molecule has 0 saturated carbocycles. The second-order valence-electron chi connectivity index (χ2n) is 7.97. The van der Waals surface area contributed by atoms with E-state index in [1.54, 1.807) is 18.3 Å². The summed E-state index contributed by atoms with van der Waals surface area (Å²) in [5.41, 5.74) is 2.21. The van der Waals surface area contributed by atoms with Gasteiger partial charge in [-0.15, -0.1) is 0 Å². The van der Waals surface area contributed by atoms with E-state index >= 15 is 0 Å². The summed E-state index contributed by atoms with van der Waals surface area (Å²) < 4.78 is 1.83. The highest BCUT2D eigenvalue weighted by Gasteiger charge is 2.26. The van der Waals surface area contributed by atoms with Crippen LogP contribution in [0.2, 0.25) is 10.0 Å². The number of aromatic carboxylic acids is 1. The molecule has 1 aliphatic rings. The van der Waals surface area contributed by atoms with E-state index in [1.165, 1.54) is 5.56 Å². The van der Waals surface area contributed by atoms with E-state index in [9.17, 15) is 15.0 Å². The number of benzene rings is 2. The summed E-state index contributed by atoms with van der Waals surface area (Å²) in [6, 6.07) is 13.1. The number of carbonyl (C=O) groups is 1. The molecular weight excluding hydrogens is 423 g/mol. The van der Waals surface area contributed by atoms with E-state index < -0.39 is 12.1 Å². The highest BCUT2D eigenvalue weighted by atomic mass is 35.5. The number of carboxylic acids is 1. The fourth-order valence-electron chi connectivity index (χ4n) is 4.29. The van der Waals surface area contributed by atoms with Gasteiger partial charge in [-0.25, -0.2) is 4.79 Å². The van der Waals surface area contributed by atoms with Gasteiger partial charge in [-0.3, -0.25) is 4.90 Å². The molecule has 5 nitrogen and oxygen atoms in total. The third-order valence-corrected chi connectivity index (χ3v) is 6.44. The maximum absolute atomic E-state index is 11.6. The van der Waals surface area contributed by atoms with E-state index in [4.69, 9.17) is 23.2 Å². The molecular formula is C23H24Cl2N2O3. The Labute approximate surface area is 185 Å². The number of aliphatic hydroxyl groups is 1. The number of nitrogens with zero attached hydrogens (tertiary/aromatic N) is 2. The maximum Gasteiger partial charge on any atom is 0.337 e. The van der Waals surface area contributed by atoms with Gasteiger partial charge in [-0.2, -0.15) is 0 Å². The van der Waals surface area contributed by atoms with Crippen LogP contribution in [0.15, 0.2) is 48.7 Å². The summed E-state index contributed by atoms with van der Waals surface area (Å²) in [5, 5.41) is 22.2. The van der Waals surface area contributed by atoms with Crippen LogP contribution in [0.5, 0.6) is 0 Å². The summed E-state index contributed by atoms with van der Waals surface area (Å²) in [6.45, 7) is 3.09. The smallest absolute Gasteiger partial charge is 0.337 e. The molecule has 2 aromatic carbocycles. The Morgan fingerprint density at radius 2 is 1.73 bits per heavy atom. The number of aromatic nitrogens is 1. The predicted molar refractivity (Wildman–Crippen MR) is 119 cm³/mol. The van der Waals surface area contributed by atoms with Crippen molar-refractivity contribution >= 4 is 40.1 Å². The molecule has 1 aliphatic heterocycles. The van der Waals surface area contributed by atoms with Crippen molar-refractivity contribution in [2.75, 3.05) is 13.1 Å². The first-order valence-corrected chi connectivity index (χ1v) is 10.8. The average Bonchev–Trinajstić information content (AvgIpc) is 3.08. The van der Waals surface area contributed by atoms with Gasteiger partial charge in [0.05, 0.1) is 11.7 Å². The molecule has 0 aliphatic carbocycles. The van der Waals surface area contributed by atoms with E-state index in [2.05, 4.69) is 4.90 Å². The van der Waals surface area contributed by atoms with Crippen LogP contribution in [0.3, 0.4) is 0 Å². The van der Waals surface area contributed by atoms with E-state index in [-0.39, 0.29) is 11.5 Å². The van der Waals surface area contributed by atoms with Gasteiger partial charge in [0, 0.05) is 40.2 Å². The van der Waals surface area contributed by atoms with Gasteiger partial charge in [0.2, 0.25) is 0 Å². The third kappa shape index (κ3) is 4.65. The van der Waals surface area contributed by atoms with Crippen LogP contribution in [0, 0.1) is 5.92 Å². The fourth-order valence-corrected chi connectivity index (χ4v) is 4.58. The summed E-state index contributed by atoms with van der Waals surface area (Å²) >= 11 is 12.0. The molecule has 30 heavy (non-hydrogen) atoms. The summed E-state index contributed by atoms with van der Waals surface area (Å²) in [7, 11) is 0. The minimum atomic E-state index is -0.994. The van der Waals surface area contributed by atoms with E-state index in [0.717, 1.165) is 43.0 Å². The summed E-state index contributed by atoms with van der Waals surface area (Å²) in [5.74, 6) is -0.810. The van der Waals surface area contributed by atoms with Crippen molar-refractivity contribution in [2.45, 2.75) is 32.0 Å².